The van der Waals surface area contributed by atoms with Crippen LogP contribution in [0.15, 0.2) is 16.8 Å². The first-order valence-electron chi connectivity index (χ1n) is 4.97. The molecule has 0 atom stereocenters. The molecule has 0 aliphatic rings. The van der Waals surface area contributed by atoms with Crippen molar-refractivity contribution in [2.24, 2.45) is 0 Å². The van der Waals surface area contributed by atoms with E-state index in [1.165, 1.54) is 11.3 Å². The molecule has 17 heavy (non-hydrogen) atoms. The van der Waals surface area contributed by atoms with Gasteiger partial charge >= 0.3 is 5.97 Å². The van der Waals surface area contributed by atoms with Crippen molar-refractivity contribution >= 4 is 28.6 Å². The lowest BCUT2D eigenvalue weighted by atomic mass is 10.3. The van der Waals surface area contributed by atoms with Crippen LogP contribution in [0, 0.1) is 0 Å². The average Bonchev–Trinajstić information content (AvgIpc) is 2.83. The maximum Gasteiger partial charge on any atom is 0.336 e. The minimum atomic E-state index is -0.892. The summed E-state index contributed by atoms with van der Waals surface area (Å²) in [5.41, 5.74) is 1.19. The Morgan fingerprint density at radius 1 is 1.41 bits per heavy atom. The van der Waals surface area contributed by atoms with Crippen LogP contribution in [-0.2, 0) is 6.54 Å². The van der Waals surface area contributed by atoms with Gasteiger partial charge in [-0.15, -0.1) is 22.7 Å². The highest BCUT2D eigenvalue weighted by atomic mass is 32.1. The topological polar surface area (TPSA) is 53.4 Å². The van der Waals surface area contributed by atoms with E-state index in [2.05, 4.69) is 9.88 Å². The van der Waals surface area contributed by atoms with E-state index in [1.54, 1.807) is 22.8 Å². The van der Waals surface area contributed by atoms with Crippen molar-refractivity contribution < 1.29 is 9.90 Å². The Morgan fingerprint density at radius 2 is 2.18 bits per heavy atom. The Hall–Kier alpha value is -1.24. The fourth-order valence-electron chi connectivity index (χ4n) is 1.35. The molecule has 0 amide bonds. The number of rotatable bonds is 4. The molecule has 2 heterocycles. The first kappa shape index (κ1) is 12.2. The van der Waals surface area contributed by atoms with Gasteiger partial charge in [-0.2, -0.15) is 0 Å². The summed E-state index contributed by atoms with van der Waals surface area (Å²) in [5.74, 6) is -0.892. The quantitative estimate of drug-likeness (QED) is 0.926. The molecule has 4 nitrogen and oxygen atoms in total. The molecule has 2 aromatic heterocycles. The maximum atomic E-state index is 10.8. The minimum absolute atomic E-state index is 0.326. The first-order valence-corrected chi connectivity index (χ1v) is 6.73. The zero-order valence-corrected chi connectivity index (χ0v) is 11.1. The van der Waals surface area contributed by atoms with Crippen LogP contribution in [0.25, 0.3) is 10.6 Å². The summed E-state index contributed by atoms with van der Waals surface area (Å²) in [5, 5.41) is 13.5. The normalized spacial score (nSPS) is 11.0. The minimum Gasteiger partial charge on any atom is -0.478 e. The second-order valence-corrected chi connectivity index (χ2v) is 5.72. The van der Waals surface area contributed by atoms with E-state index < -0.39 is 5.97 Å². The largest absolute Gasteiger partial charge is 0.478 e. The summed E-state index contributed by atoms with van der Waals surface area (Å²) in [4.78, 5) is 18.2. The highest BCUT2D eigenvalue weighted by Crippen LogP contribution is 2.28. The summed E-state index contributed by atoms with van der Waals surface area (Å²) < 4.78 is 0. The summed E-state index contributed by atoms with van der Waals surface area (Å²) in [7, 11) is 3.99. The van der Waals surface area contributed by atoms with Gasteiger partial charge in [0.05, 0.1) is 16.1 Å². The van der Waals surface area contributed by atoms with E-state index in [4.69, 9.17) is 5.11 Å². The second kappa shape index (κ2) is 4.95. The van der Waals surface area contributed by atoms with Crippen LogP contribution < -0.4 is 0 Å². The summed E-state index contributed by atoms with van der Waals surface area (Å²) in [6, 6.07) is 1.67. The van der Waals surface area contributed by atoms with Gasteiger partial charge in [0.2, 0.25) is 0 Å². The van der Waals surface area contributed by atoms with Gasteiger partial charge in [0.25, 0.3) is 0 Å². The van der Waals surface area contributed by atoms with Crippen LogP contribution in [0.1, 0.15) is 15.4 Å². The number of nitrogens with zero attached hydrogens (tertiary/aromatic N) is 2. The number of thiazole rings is 1. The SMILES string of the molecule is CN(C)Cc1nc(-c2cc(C(=O)O)cs2)cs1. The lowest BCUT2D eigenvalue weighted by Gasteiger charge is -2.04. The fourth-order valence-corrected chi connectivity index (χ4v) is 3.18. The number of aromatic carboxylic acids is 1. The van der Waals surface area contributed by atoms with E-state index in [-0.39, 0.29) is 0 Å². The molecule has 6 heteroatoms. The van der Waals surface area contributed by atoms with E-state index >= 15 is 0 Å². The van der Waals surface area contributed by atoms with Gasteiger partial charge in [-0.3, -0.25) is 0 Å². The Kier molecular flexibility index (Phi) is 3.56. The monoisotopic (exact) mass is 268 g/mol. The number of hydrogen-bond donors (Lipinski definition) is 1. The lowest BCUT2D eigenvalue weighted by Crippen LogP contribution is -2.10. The molecule has 0 aliphatic heterocycles. The van der Waals surface area contributed by atoms with Crippen molar-refractivity contribution in [1.82, 2.24) is 9.88 Å². The molecule has 0 aromatic carbocycles. The van der Waals surface area contributed by atoms with Gasteiger partial charge < -0.3 is 10.0 Å². The van der Waals surface area contributed by atoms with E-state index in [0.29, 0.717) is 5.56 Å². The number of aromatic nitrogens is 1. The summed E-state index contributed by atoms with van der Waals surface area (Å²) in [6.07, 6.45) is 0. The fraction of sp³-hybridized carbons (Fsp3) is 0.273. The van der Waals surface area contributed by atoms with Crippen LogP contribution in [0.5, 0.6) is 0 Å². The van der Waals surface area contributed by atoms with E-state index in [1.807, 2.05) is 19.5 Å². The zero-order chi connectivity index (χ0) is 12.4. The highest BCUT2D eigenvalue weighted by Gasteiger charge is 2.11. The van der Waals surface area contributed by atoms with Gasteiger partial charge in [0.1, 0.15) is 5.01 Å². The molecule has 90 valence electrons. The van der Waals surface area contributed by atoms with Gasteiger partial charge in [0.15, 0.2) is 0 Å². The summed E-state index contributed by atoms with van der Waals surface area (Å²) >= 11 is 3.01. The molecule has 2 aromatic rings. The van der Waals surface area contributed by atoms with Gasteiger partial charge in [0, 0.05) is 17.3 Å². The van der Waals surface area contributed by atoms with E-state index in [9.17, 15) is 4.79 Å². The van der Waals surface area contributed by atoms with Crippen LogP contribution in [-0.4, -0.2) is 35.1 Å². The molecule has 0 saturated carbocycles. The molecule has 0 spiro atoms. The Balaban J connectivity index is 2.21. The number of carbonyl (C=O) groups is 1. The molecule has 0 bridgehead atoms. The molecule has 1 N–H and O–H groups in total. The third kappa shape index (κ3) is 2.91. The zero-order valence-electron chi connectivity index (χ0n) is 9.51. The van der Waals surface area contributed by atoms with Crippen LogP contribution in [0.4, 0.5) is 0 Å². The number of hydrogen-bond acceptors (Lipinski definition) is 5. The second-order valence-electron chi connectivity index (χ2n) is 3.87. The van der Waals surface area contributed by atoms with Crippen molar-refractivity contribution in [1.29, 1.82) is 0 Å². The van der Waals surface area contributed by atoms with Gasteiger partial charge in [-0.05, 0) is 20.2 Å². The molecular weight excluding hydrogens is 256 g/mol. The standard InChI is InChI=1S/C11H12N2O2S2/c1-13(2)4-10-12-8(6-17-10)9-3-7(5-16-9)11(14)15/h3,5-6H,4H2,1-2H3,(H,14,15). The first-order chi connectivity index (χ1) is 8.06. The van der Waals surface area contributed by atoms with Crippen molar-refractivity contribution in [3.8, 4) is 10.6 Å². The lowest BCUT2D eigenvalue weighted by molar-refractivity contribution is 0.0697. The molecule has 2 rings (SSSR count). The van der Waals surface area contributed by atoms with Crippen molar-refractivity contribution in [3.63, 3.8) is 0 Å². The number of thiophene rings is 1. The number of carboxylic acid groups (broad SMARTS) is 1. The highest BCUT2D eigenvalue weighted by molar-refractivity contribution is 7.14. The third-order valence-corrected chi connectivity index (χ3v) is 3.89. The van der Waals surface area contributed by atoms with Crippen molar-refractivity contribution in [3.05, 3.63) is 27.4 Å². The smallest absolute Gasteiger partial charge is 0.336 e. The Morgan fingerprint density at radius 3 is 2.76 bits per heavy atom. The molecular formula is C11H12N2O2S2. The van der Waals surface area contributed by atoms with Gasteiger partial charge in [-0.25, -0.2) is 9.78 Å². The Labute approximate surface area is 107 Å². The average molecular weight is 268 g/mol. The van der Waals surface area contributed by atoms with Crippen LogP contribution in [0.2, 0.25) is 0 Å². The van der Waals surface area contributed by atoms with Crippen LogP contribution in [0.3, 0.4) is 0 Å². The predicted molar refractivity (Wildman–Crippen MR) is 69.8 cm³/mol. The molecule has 0 aliphatic carbocycles. The van der Waals surface area contributed by atoms with Crippen LogP contribution >= 0.6 is 22.7 Å². The van der Waals surface area contributed by atoms with Crippen molar-refractivity contribution in [2.75, 3.05) is 14.1 Å². The molecule has 0 radical (unpaired) electrons. The molecule has 0 fully saturated rings. The number of carboxylic acids is 1. The third-order valence-electron chi connectivity index (χ3n) is 2.10. The van der Waals surface area contributed by atoms with Crippen molar-refractivity contribution in [2.45, 2.75) is 6.54 Å². The molecule has 0 unspecified atom stereocenters. The van der Waals surface area contributed by atoms with E-state index in [0.717, 1.165) is 22.1 Å². The van der Waals surface area contributed by atoms with Gasteiger partial charge in [-0.1, -0.05) is 0 Å². The maximum absolute atomic E-state index is 10.8. The summed E-state index contributed by atoms with van der Waals surface area (Å²) in [6.45, 7) is 0.807. The Bertz CT molecular complexity index is 531. The molecule has 0 saturated heterocycles. The predicted octanol–water partition coefficient (Wildman–Crippen LogP) is 2.63.